The van der Waals surface area contributed by atoms with Gasteiger partial charge in [-0.05, 0) is 48.4 Å². The first-order valence-corrected chi connectivity index (χ1v) is 8.42. The molecular weight excluding hydrogens is 360 g/mol. The number of carbonyl (C=O) groups excluding carboxylic acids is 1. The number of aromatic carboxylic acids is 1. The Morgan fingerprint density at radius 3 is 2.79 bits per heavy atom. The SMILES string of the molecule is Cc1cc(/C=C/C(=O)Nc2ccccc2C(=O)O)ccc1OCc1cn[nH]n1. The van der Waals surface area contributed by atoms with E-state index in [-0.39, 0.29) is 11.3 Å². The van der Waals surface area contributed by atoms with Crippen molar-refractivity contribution in [3.63, 3.8) is 0 Å². The van der Waals surface area contributed by atoms with E-state index >= 15 is 0 Å². The minimum atomic E-state index is -1.10. The van der Waals surface area contributed by atoms with Crippen LogP contribution in [0.2, 0.25) is 0 Å². The summed E-state index contributed by atoms with van der Waals surface area (Å²) in [6.07, 6.45) is 4.59. The number of rotatable bonds is 7. The number of nitrogens with one attached hydrogen (secondary N) is 2. The molecule has 8 nitrogen and oxygen atoms in total. The van der Waals surface area contributed by atoms with Crippen molar-refractivity contribution in [1.82, 2.24) is 15.4 Å². The molecule has 1 amide bonds. The van der Waals surface area contributed by atoms with Crippen molar-refractivity contribution in [2.45, 2.75) is 13.5 Å². The third kappa shape index (κ3) is 4.82. The van der Waals surface area contributed by atoms with Gasteiger partial charge in [-0.3, -0.25) is 4.79 Å². The van der Waals surface area contributed by atoms with Gasteiger partial charge < -0.3 is 15.2 Å². The molecule has 0 saturated heterocycles. The average Bonchev–Trinajstić information content (AvgIpc) is 3.19. The lowest BCUT2D eigenvalue weighted by molar-refractivity contribution is -0.111. The normalized spacial score (nSPS) is 10.8. The molecule has 0 unspecified atom stereocenters. The molecule has 1 heterocycles. The molecular formula is C20H18N4O4. The fourth-order valence-corrected chi connectivity index (χ4v) is 2.51. The van der Waals surface area contributed by atoms with Gasteiger partial charge in [-0.25, -0.2) is 4.79 Å². The van der Waals surface area contributed by atoms with E-state index < -0.39 is 11.9 Å². The van der Waals surface area contributed by atoms with E-state index in [1.54, 1.807) is 30.5 Å². The summed E-state index contributed by atoms with van der Waals surface area (Å²) >= 11 is 0. The second-order valence-electron chi connectivity index (χ2n) is 5.95. The Morgan fingerprint density at radius 1 is 1.25 bits per heavy atom. The lowest BCUT2D eigenvalue weighted by atomic mass is 10.1. The number of benzene rings is 2. The van der Waals surface area contributed by atoms with Crippen LogP contribution in [0.25, 0.3) is 6.08 Å². The topological polar surface area (TPSA) is 117 Å². The van der Waals surface area contributed by atoms with Crippen molar-refractivity contribution in [3.05, 3.63) is 77.1 Å². The number of aryl methyl sites for hydroxylation is 1. The smallest absolute Gasteiger partial charge is 0.337 e. The monoisotopic (exact) mass is 378 g/mol. The molecule has 0 spiro atoms. The van der Waals surface area contributed by atoms with Crippen LogP contribution in [0.15, 0.2) is 54.7 Å². The highest BCUT2D eigenvalue weighted by Gasteiger charge is 2.10. The Kier molecular flexibility index (Phi) is 5.81. The quantitative estimate of drug-likeness (QED) is 0.544. The van der Waals surface area contributed by atoms with Crippen LogP contribution >= 0.6 is 0 Å². The van der Waals surface area contributed by atoms with Gasteiger partial charge in [0.15, 0.2) is 0 Å². The van der Waals surface area contributed by atoms with Crippen LogP contribution in [0.5, 0.6) is 5.75 Å². The Balaban J connectivity index is 1.63. The summed E-state index contributed by atoms with van der Waals surface area (Å²) in [7, 11) is 0. The minimum absolute atomic E-state index is 0.0358. The van der Waals surface area contributed by atoms with Crippen molar-refractivity contribution in [1.29, 1.82) is 0 Å². The Hall–Kier alpha value is -3.94. The van der Waals surface area contributed by atoms with E-state index in [9.17, 15) is 9.59 Å². The number of anilines is 1. The zero-order chi connectivity index (χ0) is 19.9. The summed E-state index contributed by atoms with van der Waals surface area (Å²) in [5, 5.41) is 21.9. The zero-order valence-electron chi connectivity index (χ0n) is 15.0. The summed E-state index contributed by atoms with van der Waals surface area (Å²) < 4.78 is 5.69. The second-order valence-corrected chi connectivity index (χ2v) is 5.95. The molecule has 0 aliphatic rings. The number of amides is 1. The van der Waals surface area contributed by atoms with E-state index in [1.807, 2.05) is 25.1 Å². The third-order valence-corrected chi connectivity index (χ3v) is 3.88. The van der Waals surface area contributed by atoms with Crippen LogP contribution in [-0.2, 0) is 11.4 Å². The zero-order valence-corrected chi connectivity index (χ0v) is 15.0. The summed E-state index contributed by atoms with van der Waals surface area (Å²) in [6.45, 7) is 2.20. The number of carboxylic acids is 1. The largest absolute Gasteiger partial charge is 0.487 e. The van der Waals surface area contributed by atoms with Crippen molar-refractivity contribution in [3.8, 4) is 5.75 Å². The van der Waals surface area contributed by atoms with E-state index in [0.717, 1.165) is 11.1 Å². The van der Waals surface area contributed by atoms with Crippen molar-refractivity contribution < 1.29 is 19.4 Å². The number of nitrogens with zero attached hydrogens (tertiary/aromatic N) is 2. The summed E-state index contributed by atoms with van der Waals surface area (Å²) in [5.74, 6) is -0.811. The van der Waals surface area contributed by atoms with Crippen molar-refractivity contribution in [2.24, 2.45) is 0 Å². The molecule has 0 atom stereocenters. The van der Waals surface area contributed by atoms with E-state index in [4.69, 9.17) is 9.84 Å². The molecule has 0 saturated carbocycles. The molecule has 0 aliphatic heterocycles. The van der Waals surface area contributed by atoms with Crippen LogP contribution in [-0.4, -0.2) is 32.4 Å². The predicted molar refractivity (Wildman–Crippen MR) is 103 cm³/mol. The number of carbonyl (C=O) groups is 2. The Morgan fingerprint density at radius 2 is 2.07 bits per heavy atom. The summed E-state index contributed by atoms with van der Waals surface area (Å²) in [4.78, 5) is 23.3. The van der Waals surface area contributed by atoms with Crippen molar-refractivity contribution in [2.75, 3.05) is 5.32 Å². The van der Waals surface area contributed by atoms with Gasteiger partial charge in [-0.15, -0.1) is 0 Å². The van der Waals surface area contributed by atoms with Gasteiger partial charge in [0, 0.05) is 6.08 Å². The number of ether oxygens (including phenoxy) is 1. The highest BCUT2D eigenvalue weighted by molar-refractivity contribution is 6.06. The van der Waals surface area contributed by atoms with Gasteiger partial charge in [0.1, 0.15) is 18.1 Å². The van der Waals surface area contributed by atoms with Crippen LogP contribution in [0.1, 0.15) is 27.2 Å². The van der Waals surface area contributed by atoms with Crippen LogP contribution in [0.4, 0.5) is 5.69 Å². The average molecular weight is 378 g/mol. The molecule has 142 valence electrons. The second kappa shape index (κ2) is 8.63. The number of hydrogen-bond donors (Lipinski definition) is 3. The maximum absolute atomic E-state index is 12.1. The highest BCUT2D eigenvalue weighted by atomic mass is 16.5. The predicted octanol–water partition coefficient (Wildman–Crippen LogP) is 3.04. The minimum Gasteiger partial charge on any atom is -0.487 e. The highest BCUT2D eigenvalue weighted by Crippen LogP contribution is 2.21. The molecule has 8 heteroatoms. The number of aromatic nitrogens is 3. The molecule has 0 bridgehead atoms. The summed E-state index contributed by atoms with van der Waals surface area (Å²) in [5.41, 5.74) is 2.70. The fourth-order valence-electron chi connectivity index (χ4n) is 2.51. The molecule has 1 aromatic heterocycles. The number of aromatic amines is 1. The molecule has 0 aliphatic carbocycles. The maximum atomic E-state index is 12.1. The van der Waals surface area contributed by atoms with E-state index in [2.05, 4.69) is 20.7 Å². The van der Waals surface area contributed by atoms with Gasteiger partial charge in [0.25, 0.3) is 0 Å². The molecule has 2 aromatic carbocycles. The van der Waals surface area contributed by atoms with Crippen LogP contribution in [0.3, 0.4) is 0 Å². The van der Waals surface area contributed by atoms with Gasteiger partial charge >= 0.3 is 5.97 Å². The lowest BCUT2D eigenvalue weighted by Gasteiger charge is -2.08. The lowest BCUT2D eigenvalue weighted by Crippen LogP contribution is -2.11. The first-order valence-electron chi connectivity index (χ1n) is 8.42. The summed E-state index contributed by atoms with van der Waals surface area (Å²) in [6, 6.07) is 11.7. The first-order chi connectivity index (χ1) is 13.5. The fraction of sp³-hybridized carbons (Fsp3) is 0.100. The molecule has 28 heavy (non-hydrogen) atoms. The Bertz CT molecular complexity index is 1010. The number of para-hydroxylation sites is 1. The molecule has 3 N–H and O–H groups in total. The van der Waals surface area contributed by atoms with Crippen molar-refractivity contribution >= 4 is 23.6 Å². The van der Waals surface area contributed by atoms with Gasteiger partial charge in [-0.1, -0.05) is 18.2 Å². The van der Waals surface area contributed by atoms with Crippen LogP contribution in [0, 0.1) is 6.92 Å². The molecule has 0 fully saturated rings. The number of carboxylic acid groups (broad SMARTS) is 1. The van der Waals surface area contributed by atoms with Gasteiger partial charge in [-0.2, -0.15) is 15.4 Å². The molecule has 3 rings (SSSR count). The molecule has 3 aromatic rings. The standard InChI is InChI=1S/C20H18N4O4/c1-13-10-14(6-8-18(13)28-12-15-11-21-24-23-15)7-9-19(25)22-17-5-3-2-4-16(17)20(26)27/h2-11H,12H2,1H3,(H,22,25)(H,26,27)(H,21,23,24)/b9-7+. The van der Waals surface area contributed by atoms with E-state index in [0.29, 0.717) is 18.1 Å². The van der Waals surface area contributed by atoms with Crippen LogP contribution < -0.4 is 10.1 Å². The first kappa shape index (κ1) is 18.8. The number of hydrogen-bond acceptors (Lipinski definition) is 5. The Labute approximate surface area is 160 Å². The number of H-pyrrole nitrogens is 1. The van der Waals surface area contributed by atoms with Gasteiger partial charge in [0.05, 0.1) is 17.4 Å². The third-order valence-electron chi connectivity index (χ3n) is 3.88. The maximum Gasteiger partial charge on any atom is 0.337 e. The molecule has 0 radical (unpaired) electrons. The van der Waals surface area contributed by atoms with Gasteiger partial charge in [0.2, 0.25) is 5.91 Å². The van der Waals surface area contributed by atoms with E-state index in [1.165, 1.54) is 12.1 Å².